The summed E-state index contributed by atoms with van der Waals surface area (Å²) < 4.78 is 5.43. The summed E-state index contributed by atoms with van der Waals surface area (Å²) in [6, 6.07) is 5.67. The number of hydrogen-bond acceptors (Lipinski definition) is 3. The lowest BCUT2D eigenvalue weighted by molar-refractivity contribution is -0.116. The summed E-state index contributed by atoms with van der Waals surface area (Å²) in [5.74, 6) is 0.0339. The van der Waals surface area contributed by atoms with Crippen molar-refractivity contribution in [3.8, 4) is 0 Å². The molecule has 1 amide bonds. The van der Waals surface area contributed by atoms with Crippen molar-refractivity contribution >= 4 is 28.9 Å². The number of amides is 1. The molecule has 0 saturated carbocycles. The number of anilines is 2. The summed E-state index contributed by atoms with van der Waals surface area (Å²) in [5.41, 5.74) is 1.83. The summed E-state index contributed by atoms with van der Waals surface area (Å²) in [6.07, 6.45) is 0.465. The first-order valence-corrected chi connectivity index (χ1v) is 6.05. The monoisotopic (exact) mass is 252 g/mol. The van der Waals surface area contributed by atoms with E-state index in [1.807, 2.05) is 12.1 Å². The van der Waals surface area contributed by atoms with E-state index < -0.39 is 0 Å². The van der Waals surface area contributed by atoms with E-state index in [-0.39, 0.29) is 11.9 Å². The van der Waals surface area contributed by atoms with Crippen molar-refractivity contribution in [3.63, 3.8) is 0 Å². The smallest absolute Gasteiger partial charge is 0.226 e. The molecular formula is C12H13ClN2O2. The van der Waals surface area contributed by atoms with E-state index in [2.05, 4.69) is 10.2 Å². The molecule has 2 heterocycles. The first kappa shape index (κ1) is 10.9. The number of carbonyl (C=O) groups excluding carboxylic acids is 1. The second-order valence-corrected chi connectivity index (χ2v) is 4.77. The number of benzene rings is 1. The van der Waals surface area contributed by atoms with E-state index in [0.29, 0.717) is 24.7 Å². The third-order valence-electron chi connectivity index (χ3n) is 3.19. The standard InChI is InChI=1S/C12H13ClN2O2/c13-8-1-2-10-11(5-8)15-3-4-17-7-9(15)6-12(16)14-10/h1-2,5,9H,3-4,6-7H2,(H,14,16). The highest BCUT2D eigenvalue weighted by atomic mass is 35.5. The molecule has 4 nitrogen and oxygen atoms in total. The van der Waals surface area contributed by atoms with Crippen LogP contribution in [0.4, 0.5) is 11.4 Å². The fraction of sp³-hybridized carbons (Fsp3) is 0.417. The molecule has 1 atom stereocenters. The van der Waals surface area contributed by atoms with Crippen molar-refractivity contribution in [2.45, 2.75) is 12.5 Å². The van der Waals surface area contributed by atoms with Crippen molar-refractivity contribution in [3.05, 3.63) is 23.2 Å². The number of carbonyl (C=O) groups is 1. The molecule has 5 heteroatoms. The Hall–Kier alpha value is -1.26. The minimum atomic E-state index is 0.0339. The number of morpholine rings is 1. The average molecular weight is 253 g/mol. The number of fused-ring (bicyclic) bond motifs is 3. The molecule has 17 heavy (non-hydrogen) atoms. The molecule has 1 N–H and O–H groups in total. The SMILES string of the molecule is O=C1CC2COCCN2c2cc(Cl)ccc2N1. The maximum absolute atomic E-state index is 11.8. The minimum Gasteiger partial charge on any atom is -0.377 e. The van der Waals surface area contributed by atoms with Gasteiger partial charge in [0.1, 0.15) is 0 Å². The Bertz CT molecular complexity index is 464. The van der Waals surface area contributed by atoms with E-state index >= 15 is 0 Å². The van der Waals surface area contributed by atoms with Gasteiger partial charge >= 0.3 is 0 Å². The Morgan fingerprint density at radius 1 is 1.47 bits per heavy atom. The number of hydrogen-bond donors (Lipinski definition) is 1. The lowest BCUT2D eigenvalue weighted by Gasteiger charge is -2.36. The molecule has 1 saturated heterocycles. The van der Waals surface area contributed by atoms with Crippen molar-refractivity contribution in [1.29, 1.82) is 0 Å². The zero-order valence-electron chi connectivity index (χ0n) is 9.28. The lowest BCUT2D eigenvalue weighted by atomic mass is 10.1. The molecule has 1 unspecified atom stereocenters. The molecular weight excluding hydrogens is 240 g/mol. The Morgan fingerprint density at radius 3 is 3.24 bits per heavy atom. The van der Waals surface area contributed by atoms with Crippen LogP contribution in [0.15, 0.2) is 18.2 Å². The lowest BCUT2D eigenvalue weighted by Crippen LogP contribution is -2.45. The van der Waals surface area contributed by atoms with Crippen LogP contribution in [0.2, 0.25) is 5.02 Å². The molecule has 1 aromatic rings. The molecule has 0 radical (unpaired) electrons. The van der Waals surface area contributed by atoms with Gasteiger partial charge < -0.3 is 15.0 Å². The summed E-state index contributed by atoms with van der Waals surface area (Å²) in [6.45, 7) is 2.09. The summed E-state index contributed by atoms with van der Waals surface area (Å²) >= 11 is 6.03. The van der Waals surface area contributed by atoms with Gasteiger partial charge in [-0.3, -0.25) is 4.79 Å². The van der Waals surface area contributed by atoms with E-state index in [1.54, 1.807) is 6.07 Å². The van der Waals surface area contributed by atoms with E-state index in [9.17, 15) is 4.79 Å². The second-order valence-electron chi connectivity index (χ2n) is 4.34. The van der Waals surface area contributed by atoms with Crippen LogP contribution < -0.4 is 10.2 Å². The van der Waals surface area contributed by atoms with Crippen LogP contribution in [0, 0.1) is 0 Å². The van der Waals surface area contributed by atoms with Gasteiger partial charge in [0.25, 0.3) is 0 Å². The fourth-order valence-corrected chi connectivity index (χ4v) is 2.57. The van der Waals surface area contributed by atoms with Crippen LogP contribution >= 0.6 is 11.6 Å². The van der Waals surface area contributed by atoms with Crippen LogP contribution in [0.1, 0.15) is 6.42 Å². The van der Waals surface area contributed by atoms with Gasteiger partial charge in [0.15, 0.2) is 0 Å². The molecule has 2 aliphatic heterocycles. The highest BCUT2D eigenvalue weighted by molar-refractivity contribution is 6.31. The molecule has 3 rings (SSSR count). The van der Waals surface area contributed by atoms with E-state index in [0.717, 1.165) is 17.9 Å². The number of rotatable bonds is 0. The molecule has 2 aliphatic rings. The quantitative estimate of drug-likeness (QED) is 0.767. The molecule has 0 aliphatic carbocycles. The van der Waals surface area contributed by atoms with Crippen LogP contribution in [0.5, 0.6) is 0 Å². The largest absolute Gasteiger partial charge is 0.377 e. The number of nitrogens with zero attached hydrogens (tertiary/aromatic N) is 1. The molecule has 0 spiro atoms. The van der Waals surface area contributed by atoms with Crippen molar-refractivity contribution in [2.24, 2.45) is 0 Å². The fourth-order valence-electron chi connectivity index (χ4n) is 2.40. The van der Waals surface area contributed by atoms with Crippen molar-refractivity contribution < 1.29 is 9.53 Å². The molecule has 0 aromatic heterocycles. The summed E-state index contributed by atoms with van der Waals surface area (Å²) in [5, 5.41) is 3.60. The van der Waals surface area contributed by atoms with Crippen molar-refractivity contribution in [2.75, 3.05) is 30.0 Å². The third-order valence-corrected chi connectivity index (χ3v) is 3.43. The first-order chi connectivity index (χ1) is 8.24. The van der Waals surface area contributed by atoms with E-state index in [1.165, 1.54) is 0 Å². The maximum Gasteiger partial charge on any atom is 0.226 e. The summed E-state index contributed by atoms with van der Waals surface area (Å²) in [4.78, 5) is 14.0. The molecule has 1 fully saturated rings. The highest BCUT2D eigenvalue weighted by Crippen LogP contribution is 2.34. The predicted molar refractivity (Wildman–Crippen MR) is 66.7 cm³/mol. The number of ether oxygens (including phenoxy) is 1. The molecule has 0 bridgehead atoms. The van der Waals surface area contributed by atoms with Gasteiger partial charge in [0, 0.05) is 18.0 Å². The van der Waals surface area contributed by atoms with Gasteiger partial charge in [-0.05, 0) is 18.2 Å². The van der Waals surface area contributed by atoms with Gasteiger partial charge in [-0.1, -0.05) is 11.6 Å². The zero-order valence-corrected chi connectivity index (χ0v) is 10.0. The second kappa shape index (κ2) is 4.20. The van der Waals surface area contributed by atoms with Gasteiger partial charge in [0.05, 0.1) is 30.6 Å². The molecule has 90 valence electrons. The zero-order chi connectivity index (χ0) is 11.8. The number of nitrogens with one attached hydrogen (secondary N) is 1. The Kier molecular flexibility index (Phi) is 2.68. The first-order valence-electron chi connectivity index (χ1n) is 5.68. The highest BCUT2D eigenvalue weighted by Gasteiger charge is 2.30. The Morgan fingerprint density at radius 2 is 2.35 bits per heavy atom. The number of halogens is 1. The van der Waals surface area contributed by atoms with Crippen LogP contribution in [-0.2, 0) is 9.53 Å². The van der Waals surface area contributed by atoms with Gasteiger partial charge in [0.2, 0.25) is 5.91 Å². The topological polar surface area (TPSA) is 41.6 Å². The Labute approximate surface area is 104 Å². The van der Waals surface area contributed by atoms with Gasteiger partial charge in [-0.2, -0.15) is 0 Å². The van der Waals surface area contributed by atoms with Crippen LogP contribution in [-0.4, -0.2) is 31.7 Å². The third kappa shape index (κ3) is 1.98. The predicted octanol–water partition coefficient (Wildman–Crippen LogP) is 1.89. The average Bonchev–Trinajstić information content (AvgIpc) is 2.45. The van der Waals surface area contributed by atoms with Gasteiger partial charge in [-0.15, -0.1) is 0 Å². The van der Waals surface area contributed by atoms with Gasteiger partial charge in [-0.25, -0.2) is 0 Å². The minimum absolute atomic E-state index is 0.0339. The van der Waals surface area contributed by atoms with Crippen molar-refractivity contribution in [1.82, 2.24) is 0 Å². The Balaban J connectivity index is 2.07. The molecule has 1 aromatic carbocycles. The normalized spacial score (nSPS) is 23.5. The van der Waals surface area contributed by atoms with Crippen LogP contribution in [0.3, 0.4) is 0 Å². The summed E-state index contributed by atoms with van der Waals surface area (Å²) in [7, 11) is 0. The van der Waals surface area contributed by atoms with Crippen LogP contribution in [0.25, 0.3) is 0 Å². The van der Waals surface area contributed by atoms with E-state index in [4.69, 9.17) is 16.3 Å². The maximum atomic E-state index is 11.8.